The van der Waals surface area contributed by atoms with E-state index in [0.29, 0.717) is 0 Å². The third-order valence-electron chi connectivity index (χ3n) is 11.9. The van der Waals surface area contributed by atoms with E-state index in [1.165, 1.54) is 81.7 Å². The van der Waals surface area contributed by atoms with Crippen molar-refractivity contribution < 1.29 is 0 Å². The van der Waals surface area contributed by atoms with Gasteiger partial charge < -0.3 is 4.90 Å². The molecule has 0 aliphatic rings. The van der Waals surface area contributed by atoms with E-state index in [1.54, 1.807) is 0 Å². The molecule has 11 aromatic rings. The zero-order valence-electron chi connectivity index (χ0n) is 32.0. The van der Waals surface area contributed by atoms with Crippen molar-refractivity contribution in [3.8, 4) is 22.3 Å². The predicted octanol–water partition coefficient (Wildman–Crippen LogP) is 13.1. The summed E-state index contributed by atoms with van der Waals surface area (Å²) < 4.78 is 0. The summed E-state index contributed by atoms with van der Waals surface area (Å²) in [5.41, 5.74) is 12.1. The number of rotatable bonds is 8. The molecule has 0 saturated heterocycles. The lowest BCUT2D eigenvalue weighted by molar-refractivity contribution is 1.30. The molecule has 0 aromatic heterocycles. The van der Waals surface area contributed by atoms with Gasteiger partial charge in [-0.1, -0.05) is 217 Å². The smallest absolute Gasteiger partial charge is 0.241 e. The normalized spacial score (nSPS) is 11.4. The number of hydrogen-bond acceptors (Lipinski definition) is 1. The monoisotopic (exact) mass is 735 g/mol. The first-order chi connectivity index (χ1) is 28.8. The van der Waals surface area contributed by atoms with Gasteiger partial charge in [-0.2, -0.15) is 0 Å². The first-order valence-electron chi connectivity index (χ1n) is 20.1. The van der Waals surface area contributed by atoms with E-state index in [1.807, 2.05) is 0 Å². The molecular weight excluding hydrogens is 697 g/mol. The van der Waals surface area contributed by atoms with Crippen LogP contribution >= 0.6 is 0 Å². The first-order valence-corrected chi connectivity index (χ1v) is 20.1. The molecule has 0 amide bonds. The maximum atomic E-state index is 2.46. The molecule has 1 nitrogen and oxygen atoms in total. The van der Waals surface area contributed by atoms with Crippen LogP contribution in [0.5, 0.6) is 0 Å². The lowest BCUT2D eigenvalue weighted by Crippen LogP contribution is -2.52. The predicted molar refractivity (Wildman–Crippen MR) is 251 cm³/mol. The highest BCUT2D eigenvalue weighted by molar-refractivity contribution is 6.97. The summed E-state index contributed by atoms with van der Waals surface area (Å²) in [7, 11) is 0. The molecule has 0 radical (unpaired) electrons. The third-order valence-corrected chi connectivity index (χ3v) is 11.9. The summed E-state index contributed by atoms with van der Waals surface area (Å²) in [6.07, 6.45) is 0. The molecule has 11 aromatic carbocycles. The zero-order valence-corrected chi connectivity index (χ0v) is 32.0. The number of anilines is 3. The Morgan fingerprint density at radius 2 is 0.707 bits per heavy atom. The van der Waals surface area contributed by atoms with Gasteiger partial charge in [-0.15, -0.1) is 0 Å². The second kappa shape index (κ2) is 14.3. The van der Waals surface area contributed by atoms with Crippen LogP contribution in [-0.4, -0.2) is 6.71 Å². The van der Waals surface area contributed by atoms with Crippen molar-refractivity contribution in [1.29, 1.82) is 0 Å². The Morgan fingerprint density at radius 1 is 0.276 bits per heavy atom. The van der Waals surface area contributed by atoms with Crippen molar-refractivity contribution >= 4 is 83.3 Å². The van der Waals surface area contributed by atoms with Crippen LogP contribution in [0.3, 0.4) is 0 Å². The summed E-state index contributed by atoms with van der Waals surface area (Å²) in [5.74, 6) is 0. The van der Waals surface area contributed by atoms with Crippen molar-refractivity contribution in [2.24, 2.45) is 0 Å². The van der Waals surface area contributed by atoms with Crippen LogP contribution in [0.25, 0.3) is 65.3 Å². The number of benzene rings is 11. The topological polar surface area (TPSA) is 3.24 Å². The summed E-state index contributed by atoms with van der Waals surface area (Å²) in [5, 5.41) is 10.2. The van der Waals surface area contributed by atoms with Crippen LogP contribution in [0.2, 0.25) is 0 Å². The van der Waals surface area contributed by atoms with Gasteiger partial charge in [0.2, 0.25) is 6.71 Å². The largest absolute Gasteiger partial charge is 0.310 e. The summed E-state index contributed by atoms with van der Waals surface area (Å²) in [6, 6.07) is 84.5. The van der Waals surface area contributed by atoms with Crippen molar-refractivity contribution in [2.45, 2.75) is 0 Å². The van der Waals surface area contributed by atoms with Gasteiger partial charge in [0.25, 0.3) is 0 Å². The van der Waals surface area contributed by atoms with Gasteiger partial charge in [0.05, 0.1) is 5.69 Å². The molecule has 11 rings (SSSR count). The summed E-state index contributed by atoms with van der Waals surface area (Å²) in [4.78, 5) is 2.46. The minimum Gasteiger partial charge on any atom is -0.310 e. The quantitative estimate of drug-likeness (QED) is 0.0853. The Morgan fingerprint density at radius 3 is 1.26 bits per heavy atom. The highest BCUT2D eigenvalue weighted by atomic mass is 15.1. The maximum Gasteiger partial charge on any atom is 0.241 e. The molecule has 0 heterocycles. The van der Waals surface area contributed by atoms with Crippen LogP contribution < -0.4 is 21.3 Å². The second-order valence-electron chi connectivity index (χ2n) is 15.2. The molecule has 0 fully saturated rings. The molecule has 0 N–H and O–H groups in total. The summed E-state index contributed by atoms with van der Waals surface area (Å²) in [6.45, 7) is 0.0838. The van der Waals surface area contributed by atoms with Gasteiger partial charge in [0, 0.05) is 22.1 Å². The van der Waals surface area contributed by atoms with Crippen LogP contribution in [0, 0.1) is 0 Å². The van der Waals surface area contributed by atoms with Gasteiger partial charge >= 0.3 is 0 Å². The van der Waals surface area contributed by atoms with Gasteiger partial charge in [0.15, 0.2) is 0 Å². The molecule has 0 bridgehead atoms. The van der Waals surface area contributed by atoms with Crippen LogP contribution in [-0.2, 0) is 0 Å². The number of hydrogen-bond donors (Lipinski definition) is 0. The minimum atomic E-state index is 0.0838. The van der Waals surface area contributed by atoms with E-state index in [4.69, 9.17) is 0 Å². The van der Waals surface area contributed by atoms with Crippen molar-refractivity contribution in [3.05, 3.63) is 231 Å². The van der Waals surface area contributed by atoms with E-state index < -0.39 is 0 Å². The Hall–Kier alpha value is -7.42. The third kappa shape index (κ3) is 5.73. The van der Waals surface area contributed by atoms with Gasteiger partial charge in [-0.25, -0.2) is 0 Å². The fourth-order valence-electron chi connectivity index (χ4n) is 9.28. The Balaban J connectivity index is 1.19. The SMILES string of the molecule is c1ccc(B(c2ccccc2)c2ccc3c4ccccc4c4c(N(c5ccc(-c6ccccc6)cc5)c5ccc(-c6ccccc6)cc5)ccc5ccc2c3c54)cc1. The standard InChI is InChI=1S/C56H38BN/c1-5-15-39(16-6-1)41-25-31-46(32-26-41)58(47-33-27-42(28-34-47)40-17-7-2-8-18-40)53-38-30-43-29-35-51-52(57(44-19-9-3-10-20-44)45-21-11-4-12-22-45)37-36-50-48-23-13-14-24-49(48)56(53)54(43)55(50)51/h1-38H. The lowest BCUT2D eigenvalue weighted by Gasteiger charge is -2.29. The Labute approximate surface area is 339 Å². The highest BCUT2D eigenvalue weighted by Crippen LogP contribution is 2.48. The van der Waals surface area contributed by atoms with Crippen LogP contribution in [0.15, 0.2) is 231 Å². The number of fused-ring (bicyclic) bond motifs is 3. The fraction of sp³-hybridized carbons (Fsp3) is 0. The highest BCUT2D eigenvalue weighted by Gasteiger charge is 2.27. The maximum absolute atomic E-state index is 2.46. The molecule has 0 unspecified atom stereocenters. The molecule has 2 heteroatoms. The van der Waals surface area contributed by atoms with Crippen molar-refractivity contribution in [1.82, 2.24) is 0 Å². The second-order valence-corrected chi connectivity index (χ2v) is 15.2. The molecule has 58 heavy (non-hydrogen) atoms. The van der Waals surface area contributed by atoms with Crippen molar-refractivity contribution in [2.75, 3.05) is 4.90 Å². The zero-order chi connectivity index (χ0) is 38.4. The lowest BCUT2D eigenvalue weighted by atomic mass is 9.36. The van der Waals surface area contributed by atoms with Crippen LogP contribution in [0.1, 0.15) is 0 Å². The van der Waals surface area contributed by atoms with Gasteiger partial charge in [-0.05, 0) is 84.9 Å². The van der Waals surface area contributed by atoms with E-state index in [9.17, 15) is 0 Å². The minimum absolute atomic E-state index is 0.0838. The average Bonchev–Trinajstić information content (AvgIpc) is 3.31. The molecule has 0 aliphatic heterocycles. The number of nitrogens with zero attached hydrogens (tertiary/aromatic N) is 1. The molecule has 0 atom stereocenters. The average molecular weight is 736 g/mol. The molecular formula is C56H38BN. The molecule has 0 saturated carbocycles. The fourth-order valence-corrected chi connectivity index (χ4v) is 9.28. The first kappa shape index (κ1) is 33.9. The van der Waals surface area contributed by atoms with Crippen molar-refractivity contribution in [3.63, 3.8) is 0 Å². The van der Waals surface area contributed by atoms with E-state index in [2.05, 4.69) is 235 Å². The Kier molecular flexibility index (Phi) is 8.33. The van der Waals surface area contributed by atoms with Gasteiger partial charge in [0.1, 0.15) is 0 Å². The van der Waals surface area contributed by atoms with E-state index in [-0.39, 0.29) is 6.71 Å². The van der Waals surface area contributed by atoms with Crippen LogP contribution in [0.4, 0.5) is 17.1 Å². The molecule has 0 spiro atoms. The molecule has 270 valence electrons. The van der Waals surface area contributed by atoms with E-state index >= 15 is 0 Å². The van der Waals surface area contributed by atoms with Gasteiger partial charge in [-0.3, -0.25) is 0 Å². The Bertz CT molecular complexity index is 3060. The molecule has 0 aliphatic carbocycles. The van der Waals surface area contributed by atoms with E-state index in [0.717, 1.165) is 17.1 Å². The summed E-state index contributed by atoms with van der Waals surface area (Å²) >= 11 is 0.